The smallest absolute Gasteiger partial charge is 0.279 e. The Kier molecular flexibility index (Phi) is 4.85. The Hall–Kier alpha value is -3.53. The van der Waals surface area contributed by atoms with Gasteiger partial charge in [-0.1, -0.05) is 16.5 Å². The van der Waals surface area contributed by atoms with Gasteiger partial charge in [0.05, 0.1) is 30.0 Å². The number of nitrogens with zero attached hydrogens (tertiary/aromatic N) is 2. The van der Waals surface area contributed by atoms with Crippen molar-refractivity contribution in [3.63, 3.8) is 0 Å². The van der Waals surface area contributed by atoms with Crippen molar-refractivity contribution < 1.29 is 27.6 Å². The summed E-state index contributed by atoms with van der Waals surface area (Å²) in [6.07, 6.45) is 0. The van der Waals surface area contributed by atoms with Crippen LogP contribution in [0.25, 0.3) is 21.5 Å². The number of nitrogens with one attached hydrogen (secondary N) is 1. The van der Waals surface area contributed by atoms with Gasteiger partial charge in [-0.25, -0.2) is 13.8 Å². The first-order chi connectivity index (χ1) is 14.0. The molecule has 0 saturated heterocycles. The maximum Gasteiger partial charge on any atom is 0.279 e. The summed E-state index contributed by atoms with van der Waals surface area (Å²) < 4.78 is 42.9. The number of benzene rings is 2. The van der Waals surface area contributed by atoms with Crippen LogP contribution in [0.3, 0.4) is 0 Å². The van der Waals surface area contributed by atoms with E-state index < -0.39 is 17.5 Å². The Labute approximate surface area is 166 Å². The molecule has 1 N–H and O–H groups in total. The van der Waals surface area contributed by atoms with E-state index in [1.165, 1.54) is 20.3 Å². The van der Waals surface area contributed by atoms with Gasteiger partial charge in [0.25, 0.3) is 5.91 Å². The predicted octanol–water partition coefficient (Wildman–Crippen LogP) is 4.50. The van der Waals surface area contributed by atoms with Crippen LogP contribution in [0.2, 0.25) is 0 Å². The summed E-state index contributed by atoms with van der Waals surface area (Å²) >= 11 is 1.01. The monoisotopic (exact) mass is 417 g/mol. The van der Waals surface area contributed by atoms with Crippen LogP contribution in [0.5, 0.6) is 11.5 Å². The highest BCUT2D eigenvalue weighted by atomic mass is 32.1. The van der Waals surface area contributed by atoms with Gasteiger partial charge in [0.15, 0.2) is 28.2 Å². The molecule has 0 atom stereocenters. The van der Waals surface area contributed by atoms with Gasteiger partial charge < -0.3 is 14.0 Å². The van der Waals surface area contributed by atoms with E-state index in [2.05, 4.69) is 15.5 Å². The Morgan fingerprint density at radius 3 is 2.66 bits per heavy atom. The van der Waals surface area contributed by atoms with Gasteiger partial charge >= 0.3 is 0 Å². The number of methoxy groups -OCH3 is 2. The number of ether oxygens (including phenoxy) is 2. The molecule has 2 aromatic heterocycles. The molecule has 29 heavy (non-hydrogen) atoms. The van der Waals surface area contributed by atoms with Gasteiger partial charge in [-0.3, -0.25) is 10.1 Å². The number of halogens is 2. The first-order valence-corrected chi connectivity index (χ1v) is 9.06. The Bertz CT molecular complexity index is 1180. The first kappa shape index (κ1) is 18.8. The second-order valence-electron chi connectivity index (χ2n) is 5.85. The fourth-order valence-corrected chi connectivity index (χ4v) is 3.52. The zero-order valence-corrected chi connectivity index (χ0v) is 16.0. The maximum absolute atomic E-state index is 13.3. The van der Waals surface area contributed by atoms with Crippen LogP contribution in [-0.2, 0) is 0 Å². The molecule has 0 saturated carbocycles. The van der Waals surface area contributed by atoms with E-state index in [1.807, 2.05) is 0 Å². The van der Waals surface area contributed by atoms with E-state index in [4.69, 9.17) is 14.0 Å². The van der Waals surface area contributed by atoms with Crippen LogP contribution in [0.15, 0.2) is 40.9 Å². The molecule has 2 heterocycles. The van der Waals surface area contributed by atoms with Crippen LogP contribution in [0.1, 0.15) is 10.5 Å². The first-order valence-electron chi connectivity index (χ1n) is 8.24. The quantitative estimate of drug-likeness (QED) is 0.515. The summed E-state index contributed by atoms with van der Waals surface area (Å²) in [5.41, 5.74) is 0.803. The number of hydrogen-bond donors (Lipinski definition) is 1. The minimum absolute atomic E-state index is 0.00138. The molecule has 0 aliphatic heterocycles. The summed E-state index contributed by atoms with van der Waals surface area (Å²) in [6, 6.07) is 8.57. The molecule has 2 aromatic carbocycles. The van der Waals surface area contributed by atoms with Crippen LogP contribution in [0, 0.1) is 11.6 Å². The highest BCUT2D eigenvalue weighted by Crippen LogP contribution is 2.34. The lowest BCUT2D eigenvalue weighted by Crippen LogP contribution is -2.11. The number of anilines is 1. The fourth-order valence-electron chi connectivity index (χ4n) is 2.65. The average Bonchev–Trinajstić information content (AvgIpc) is 3.35. The molecule has 4 rings (SSSR count). The van der Waals surface area contributed by atoms with Crippen LogP contribution in [0.4, 0.5) is 13.9 Å². The molecule has 7 nitrogen and oxygen atoms in total. The highest BCUT2D eigenvalue weighted by molar-refractivity contribution is 7.22. The minimum atomic E-state index is -1.01. The van der Waals surface area contributed by atoms with Crippen LogP contribution >= 0.6 is 11.3 Å². The van der Waals surface area contributed by atoms with Crippen molar-refractivity contribution in [2.24, 2.45) is 0 Å². The molecule has 0 unspecified atom stereocenters. The Morgan fingerprint density at radius 1 is 1.10 bits per heavy atom. The third-order valence-corrected chi connectivity index (χ3v) is 5.00. The zero-order valence-electron chi connectivity index (χ0n) is 15.2. The van der Waals surface area contributed by atoms with E-state index >= 15 is 0 Å². The van der Waals surface area contributed by atoms with Crippen molar-refractivity contribution in [1.82, 2.24) is 10.1 Å². The maximum atomic E-state index is 13.3. The number of carbonyl (C=O) groups excluding carboxylic acids is 1. The molecule has 0 spiro atoms. The van der Waals surface area contributed by atoms with Gasteiger partial charge in [-0.05, 0) is 24.3 Å². The van der Waals surface area contributed by atoms with E-state index in [1.54, 1.807) is 18.2 Å². The lowest BCUT2D eigenvalue weighted by Gasteiger charge is -2.07. The van der Waals surface area contributed by atoms with E-state index in [0.717, 1.165) is 23.5 Å². The van der Waals surface area contributed by atoms with Gasteiger partial charge in [-0.2, -0.15) is 0 Å². The fraction of sp³-hybridized carbons (Fsp3) is 0.105. The molecule has 0 radical (unpaired) electrons. The molecule has 0 aliphatic carbocycles. The number of carbonyl (C=O) groups is 1. The van der Waals surface area contributed by atoms with Crippen LogP contribution < -0.4 is 14.8 Å². The third kappa shape index (κ3) is 3.61. The molecular formula is C19H13F2N3O4S. The molecular weight excluding hydrogens is 404 g/mol. The number of amides is 1. The van der Waals surface area contributed by atoms with Gasteiger partial charge in [0.1, 0.15) is 11.5 Å². The van der Waals surface area contributed by atoms with Crippen molar-refractivity contribution in [3.05, 3.63) is 53.7 Å². The summed E-state index contributed by atoms with van der Waals surface area (Å²) in [6.45, 7) is 0. The van der Waals surface area contributed by atoms with Crippen molar-refractivity contribution in [2.75, 3.05) is 19.5 Å². The highest BCUT2D eigenvalue weighted by Gasteiger charge is 2.19. The second-order valence-corrected chi connectivity index (χ2v) is 6.88. The summed E-state index contributed by atoms with van der Waals surface area (Å²) in [5, 5.41) is 6.50. The van der Waals surface area contributed by atoms with E-state index in [0.29, 0.717) is 27.5 Å². The second kappa shape index (κ2) is 7.47. The summed E-state index contributed by atoms with van der Waals surface area (Å²) in [5.74, 6) is -1.16. The average molecular weight is 417 g/mol. The topological polar surface area (TPSA) is 86.5 Å². The molecule has 4 aromatic rings. The van der Waals surface area contributed by atoms with Crippen LogP contribution in [-0.4, -0.2) is 30.3 Å². The van der Waals surface area contributed by atoms with Gasteiger partial charge in [0, 0.05) is 12.1 Å². The number of fused-ring (bicyclic) bond motifs is 1. The molecule has 10 heteroatoms. The lowest BCUT2D eigenvalue weighted by molar-refractivity contribution is 0.101. The standard InChI is InChI=1S/C19H13F2N3O4S/c1-26-9-3-4-15(27-2)10(5-9)16-8-14(24-28-16)18(25)23-19-22-13-6-11(20)12(21)7-17(13)29-19/h3-8H,1-2H3,(H,22,23,25). The number of hydrogen-bond acceptors (Lipinski definition) is 7. The molecule has 1 amide bonds. The summed E-state index contributed by atoms with van der Waals surface area (Å²) in [4.78, 5) is 16.6. The van der Waals surface area contributed by atoms with E-state index in [-0.39, 0.29) is 16.3 Å². The van der Waals surface area contributed by atoms with Crippen molar-refractivity contribution >= 4 is 32.6 Å². The van der Waals surface area contributed by atoms with Gasteiger partial charge in [0.2, 0.25) is 0 Å². The lowest BCUT2D eigenvalue weighted by atomic mass is 10.1. The van der Waals surface area contributed by atoms with E-state index in [9.17, 15) is 13.6 Å². The number of rotatable bonds is 5. The predicted molar refractivity (Wildman–Crippen MR) is 103 cm³/mol. The van der Waals surface area contributed by atoms with Gasteiger partial charge in [-0.15, -0.1) is 0 Å². The number of thiazole rings is 1. The zero-order chi connectivity index (χ0) is 20.5. The van der Waals surface area contributed by atoms with Crippen molar-refractivity contribution in [2.45, 2.75) is 0 Å². The third-order valence-electron chi connectivity index (χ3n) is 4.07. The molecule has 148 valence electrons. The molecule has 0 bridgehead atoms. The Morgan fingerprint density at radius 2 is 1.90 bits per heavy atom. The normalized spacial score (nSPS) is 10.9. The SMILES string of the molecule is COc1ccc(OC)c(-c2cc(C(=O)Nc3nc4cc(F)c(F)cc4s3)no2)c1. The summed E-state index contributed by atoms with van der Waals surface area (Å²) in [7, 11) is 3.04. The molecule has 0 fully saturated rings. The largest absolute Gasteiger partial charge is 0.497 e. The number of aromatic nitrogens is 2. The molecule has 0 aliphatic rings. The Balaban J connectivity index is 1.59. The minimum Gasteiger partial charge on any atom is -0.497 e. The van der Waals surface area contributed by atoms with Crippen molar-refractivity contribution in [3.8, 4) is 22.8 Å². The van der Waals surface area contributed by atoms with Crippen molar-refractivity contribution in [1.29, 1.82) is 0 Å².